The molecule has 1 aromatic carbocycles. The molecule has 1 aromatic rings. The molecule has 1 unspecified atom stereocenters. The zero-order chi connectivity index (χ0) is 16.7. The van der Waals surface area contributed by atoms with Crippen LogP contribution < -0.4 is 5.32 Å². The first kappa shape index (κ1) is 18.0. The van der Waals surface area contributed by atoms with Gasteiger partial charge in [0.2, 0.25) is 5.91 Å². The molecule has 4 heteroatoms. The number of carbonyl (C=O) groups excluding carboxylic acids is 1. The Morgan fingerprint density at radius 2 is 2.17 bits per heavy atom. The molecular weight excluding hydrogens is 288 g/mol. The third-order valence-electron chi connectivity index (χ3n) is 4.76. The molecule has 0 bridgehead atoms. The van der Waals surface area contributed by atoms with Crippen molar-refractivity contribution in [2.24, 2.45) is 0 Å². The lowest BCUT2D eigenvalue weighted by molar-refractivity contribution is -0.120. The third-order valence-corrected chi connectivity index (χ3v) is 4.76. The standard InChI is InChI=1S/C19H30N2O2/c1-15-7-8-16(2)17(12-15)13-19(23)20-9-3-4-10-21-11-5-6-18(21)14-22/h7-8,12,18,22H,3-6,9-11,13-14H2,1-2H3,(H,20,23). The summed E-state index contributed by atoms with van der Waals surface area (Å²) in [4.78, 5) is 14.4. The molecule has 4 nitrogen and oxygen atoms in total. The Labute approximate surface area is 139 Å². The zero-order valence-corrected chi connectivity index (χ0v) is 14.5. The minimum atomic E-state index is 0.105. The minimum absolute atomic E-state index is 0.105. The smallest absolute Gasteiger partial charge is 0.224 e. The van der Waals surface area contributed by atoms with E-state index in [1.165, 1.54) is 17.5 Å². The topological polar surface area (TPSA) is 52.6 Å². The van der Waals surface area contributed by atoms with Crippen LogP contribution in [0.4, 0.5) is 0 Å². The number of hydrogen-bond acceptors (Lipinski definition) is 3. The van der Waals surface area contributed by atoms with Gasteiger partial charge in [-0.1, -0.05) is 23.8 Å². The molecular formula is C19H30N2O2. The zero-order valence-electron chi connectivity index (χ0n) is 14.5. The van der Waals surface area contributed by atoms with Gasteiger partial charge in [-0.25, -0.2) is 0 Å². The molecule has 23 heavy (non-hydrogen) atoms. The molecule has 1 fully saturated rings. The summed E-state index contributed by atoms with van der Waals surface area (Å²) >= 11 is 0. The van der Waals surface area contributed by atoms with Crippen molar-refractivity contribution in [3.8, 4) is 0 Å². The fourth-order valence-corrected chi connectivity index (χ4v) is 3.29. The number of benzene rings is 1. The van der Waals surface area contributed by atoms with Crippen LogP contribution in [0.15, 0.2) is 18.2 Å². The van der Waals surface area contributed by atoms with Gasteiger partial charge in [-0.2, -0.15) is 0 Å². The number of likely N-dealkylation sites (tertiary alicyclic amines) is 1. The number of nitrogens with one attached hydrogen (secondary N) is 1. The van der Waals surface area contributed by atoms with Gasteiger partial charge in [-0.3, -0.25) is 9.69 Å². The molecule has 1 heterocycles. The molecule has 128 valence electrons. The Kier molecular flexibility index (Phi) is 7.06. The van der Waals surface area contributed by atoms with Gasteiger partial charge in [-0.15, -0.1) is 0 Å². The summed E-state index contributed by atoms with van der Waals surface area (Å²) in [6.45, 7) is 7.24. The van der Waals surface area contributed by atoms with E-state index in [-0.39, 0.29) is 12.5 Å². The maximum absolute atomic E-state index is 12.0. The SMILES string of the molecule is Cc1ccc(C)c(CC(=O)NCCCCN2CCCC2CO)c1. The van der Waals surface area contributed by atoms with Crippen LogP contribution in [0.5, 0.6) is 0 Å². The van der Waals surface area contributed by atoms with Gasteiger partial charge in [0.1, 0.15) is 0 Å². The molecule has 1 aliphatic heterocycles. The van der Waals surface area contributed by atoms with E-state index in [0.29, 0.717) is 12.5 Å². The highest BCUT2D eigenvalue weighted by atomic mass is 16.3. The summed E-state index contributed by atoms with van der Waals surface area (Å²) in [6, 6.07) is 6.60. The van der Waals surface area contributed by atoms with Gasteiger partial charge in [0.15, 0.2) is 0 Å². The molecule has 2 N–H and O–H groups in total. The highest BCUT2D eigenvalue weighted by Crippen LogP contribution is 2.16. The van der Waals surface area contributed by atoms with E-state index >= 15 is 0 Å². The number of aliphatic hydroxyl groups excluding tert-OH is 1. The molecule has 1 saturated heterocycles. The number of rotatable bonds is 8. The van der Waals surface area contributed by atoms with Crippen LogP contribution in [-0.4, -0.2) is 48.2 Å². The number of hydrogen-bond donors (Lipinski definition) is 2. The van der Waals surface area contributed by atoms with Gasteiger partial charge in [0, 0.05) is 12.6 Å². The molecule has 2 rings (SSSR count). The number of carbonyl (C=O) groups is 1. The van der Waals surface area contributed by atoms with E-state index in [2.05, 4.69) is 42.3 Å². The molecule has 1 amide bonds. The lowest BCUT2D eigenvalue weighted by atomic mass is 10.0. The van der Waals surface area contributed by atoms with Crippen molar-refractivity contribution in [1.29, 1.82) is 0 Å². The third kappa shape index (κ3) is 5.63. The maximum atomic E-state index is 12.0. The maximum Gasteiger partial charge on any atom is 0.224 e. The van der Waals surface area contributed by atoms with Crippen LogP contribution in [0.2, 0.25) is 0 Å². The number of amides is 1. The quantitative estimate of drug-likeness (QED) is 0.723. The molecule has 1 atom stereocenters. The molecule has 0 radical (unpaired) electrons. The van der Waals surface area contributed by atoms with E-state index in [1.807, 2.05) is 0 Å². The van der Waals surface area contributed by atoms with Crippen molar-refractivity contribution >= 4 is 5.91 Å². The molecule has 0 saturated carbocycles. The molecule has 0 aromatic heterocycles. The number of aryl methyl sites for hydroxylation is 2. The summed E-state index contributed by atoms with van der Waals surface area (Å²) in [7, 11) is 0. The summed E-state index contributed by atoms with van der Waals surface area (Å²) in [5.41, 5.74) is 3.49. The predicted molar refractivity (Wildman–Crippen MR) is 93.5 cm³/mol. The monoisotopic (exact) mass is 318 g/mol. The molecule has 0 spiro atoms. The summed E-state index contributed by atoms with van der Waals surface area (Å²) in [6.07, 6.45) is 4.83. The fourth-order valence-electron chi connectivity index (χ4n) is 3.29. The minimum Gasteiger partial charge on any atom is -0.395 e. The van der Waals surface area contributed by atoms with E-state index in [0.717, 1.165) is 44.5 Å². The second kappa shape index (κ2) is 9.04. The Hall–Kier alpha value is -1.39. The van der Waals surface area contributed by atoms with Crippen molar-refractivity contribution in [2.75, 3.05) is 26.2 Å². The van der Waals surface area contributed by atoms with Gasteiger partial charge in [0.05, 0.1) is 13.0 Å². The van der Waals surface area contributed by atoms with Crippen molar-refractivity contribution in [1.82, 2.24) is 10.2 Å². The summed E-state index contributed by atoms with van der Waals surface area (Å²) in [5, 5.41) is 12.3. The van der Waals surface area contributed by atoms with Crippen LogP contribution in [0.1, 0.15) is 42.4 Å². The highest BCUT2D eigenvalue weighted by molar-refractivity contribution is 5.78. The van der Waals surface area contributed by atoms with Crippen molar-refractivity contribution in [3.05, 3.63) is 34.9 Å². The van der Waals surface area contributed by atoms with Gasteiger partial charge in [-0.05, 0) is 63.7 Å². The first-order valence-electron chi connectivity index (χ1n) is 8.78. The van der Waals surface area contributed by atoms with Crippen LogP contribution in [-0.2, 0) is 11.2 Å². The average molecular weight is 318 g/mol. The Morgan fingerprint density at radius 1 is 1.35 bits per heavy atom. The number of unbranched alkanes of at least 4 members (excludes halogenated alkanes) is 1. The van der Waals surface area contributed by atoms with E-state index in [4.69, 9.17) is 0 Å². The van der Waals surface area contributed by atoms with E-state index < -0.39 is 0 Å². The summed E-state index contributed by atoms with van der Waals surface area (Å²) in [5.74, 6) is 0.105. The van der Waals surface area contributed by atoms with Gasteiger partial charge in [0.25, 0.3) is 0 Å². The summed E-state index contributed by atoms with van der Waals surface area (Å²) < 4.78 is 0. The first-order valence-corrected chi connectivity index (χ1v) is 8.78. The lowest BCUT2D eigenvalue weighted by Crippen LogP contribution is -2.33. The van der Waals surface area contributed by atoms with Crippen LogP contribution in [0, 0.1) is 13.8 Å². The Bertz CT molecular complexity index is 516. The Balaban J connectivity index is 1.62. The average Bonchev–Trinajstić information content (AvgIpc) is 2.98. The first-order chi connectivity index (χ1) is 11.1. The van der Waals surface area contributed by atoms with Crippen LogP contribution in [0.25, 0.3) is 0 Å². The predicted octanol–water partition coefficient (Wildman–Crippen LogP) is 2.20. The largest absolute Gasteiger partial charge is 0.395 e. The number of nitrogens with zero attached hydrogens (tertiary/aromatic N) is 1. The Morgan fingerprint density at radius 3 is 2.96 bits per heavy atom. The van der Waals surface area contributed by atoms with E-state index in [9.17, 15) is 9.90 Å². The van der Waals surface area contributed by atoms with Gasteiger partial charge >= 0.3 is 0 Å². The number of aliphatic hydroxyl groups is 1. The normalized spacial score (nSPS) is 18.3. The fraction of sp³-hybridized carbons (Fsp3) is 0.632. The van der Waals surface area contributed by atoms with Crippen LogP contribution in [0.3, 0.4) is 0 Å². The highest BCUT2D eigenvalue weighted by Gasteiger charge is 2.22. The van der Waals surface area contributed by atoms with Crippen molar-refractivity contribution in [2.45, 2.75) is 52.0 Å². The van der Waals surface area contributed by atoms with Crippen molar-refractivity contribution < 1.29 is 9.90 Å². The molecule has 1 aliphatic rings. The lowest BCUT2D eigenvalue weighted by Gasteiger charge is -2.22. The van der Waals surface area contributed by atoms with Crippen LogP contribution >= 0.6 is 0 Å². The van der Waals surface area contributed by atoms with Crippen molar-refractivity contribution in [3.63, 3.8) is 0 Å². The van der Waals surface area contributed by atoms with Gasteiger partial charge < -0.3 is 10.4 Å². The van der Waals surface area contributed by atoms with E-state index in [1.54, 1.807) is 0 Å². The second-order valence-electron chi connectivity index (χ2n) is 6.68. The second-order valence-corrected chi connectivity index (χ2v) is 6.68. The molecule has 0 aliphatic carbocycles.